The van der Waals surface area contributed by atoms with E-state index >= 15 is 0 Å². The maximum atomic E-state index is 11.7. The molecule has 0 fully saturated rings. The molecule has 0 aliphatic carbocycles. The molecule has 1 aromatic carbocycles. The number of nitrogens with zero attached hydrogens (tertiary/aromatic N) is 3. The van der Waals surface area contributed by atoms with Gasteiger partial charge in [0.2, 0.25) is 5.89 Å². The molecule has 31 heavy (non-hydrogen) atoms. The minimum atomic E-state index is -0.198. The molecule has 4 rings (SSSR count). The first-order valence-electron chi connectivity index (χ1n) is 10.5. The van der Waals surface area contributed by atoms with E-state index in [0.717, 1.165) is 40.2 Å². The van der Waals surface area contributed by atoms with Gasteiger partial charge in [0.15, 0.2) is 0 Å². The molecule has 3 heterocycles. The maximum Gasteiger partial charge on any atom is 0.307 e. The lowest BCUT2D eigenvalue weighted by atomic mass is 10.2. The summed E-state index contributed by atoms with van der Waals surface area (Å²) < 4.78 is 12.8. The molecule has 1 N–H and O–H groups in total. The molecule has 0 amide bonds. The van der Waals surface area contributed by atoms with Crippen LogP contribution in [0.25, 0.3) is 22.5 Å². The molecule has 0 atom stereocenters. The second-order valence-corrected chi connectivity index (χ2v) is 7.22. The van der Waals surface area contributed by atoms with Crippen LogP contribution < -0.4 is 5.32 Å². The third-order valence-corrected chi connectivity index (χ3v) is 5.12. The van der Waals surface area contributed by atoms with Crippen molar-refractivity contribution >= 4 is 22.7 Å². The number of hydrogen-bond acceptors (Lipinski definition) is 6. The van der Waals surface area contributed by atoms with Gasteiger partial charge in [-0.25, -0.2) is 9.97 Å². The molecule has 0 aliphatic rings. The number of ether oxygens (including phenoxy) is 1. The second kappa shape index (κ2) is 9.47. The molecule has 0 saturated carbocycles. The van der Waals surface area contributed by atoms with Gasteiger partial charge >= 0.3 is 5.97 Å². The first-order valence-corrected chi connectivity index (χ1v) is 10.5. The number of aryl methyl sites for hydroxylation is 2. The Bertz CT molecular complexity index is 1160. The van der Waals surface area contributed by atoms with Crippen molar-refractivity contribution < 1.29 is 13.9 Å². The van der Waals surface area contributed by atoms with Crippen molar-refractivity contribution in [2.75, 3.05) is 18.5 Å². The van der Waals surface area contributed by atoms with Crippen molar-refractivity contribution in [3.8, 4) is 11.5 Å². The number of aromatic nitrogens is 3. The van der Waals surface area contributed by atoms with Crippen LogP contribution in [-0.4, -0.2) is 33.7 Å². The summed E-state index contributed by atoms with van der Waals surface area (Å²) in [6, 6.07) is 13.9. The van der Waals surface area contributed by atoms with Crippen LogP contribution in [-0.2, 0) is 22.5 Å². The van der Waals surface area contributed by atoms with E-state index in [4.69, 9.17) is 9.15 Å². The van der Waals surface area contributed by atoms with Gasteiger partial charge in [-0.2, -0.15) is 0 Å². The summed E-state index contributed by atoms with van der Waals surface area (Å²) in [7, 11) is 0. The van der Waals surface area contributed by atoms with Gasteiger partial charge in [0.05, 0.1) is 18.7 Å². The average molecular weight is 418 g/mol. The van der Waals surface area contributed by atoms with Gasteiger partial charge in [0.25, 0.3) is 0 Å². The number of pyridine rings is 1. The zero-order valence-electron chi connectivity index (χ0n) is 17.8. The lowest BCUT2D eigenvalue weighted by Gasteiger charge is -2.08. The van der Waals surface area contributed by atoms with Crippen molar-refractivity contribution in [1.82, 2.24) is 14.5 Å². The molecule has 0 saturated heterocycles. The number of hydrogen-bond donors (Lipinski definition) is 1. The van der Waals surface area contributed by atoms with E-state index in [1.54, 1.807) is 6.20 Å². The van der Waals surface area contributed by atoms with E-state index in [1.807, 2.05) is 67.1 Å². The molecule has 0 radical (unpaired) electrons. The lowest BCUT2D eigenvalue weighted by Crippen LogP contribution is -2.09. The minimum absolute atomic E-state index is 0.198. The number of anilines is 1. The molecule has 160 valence electrons. The molecule has 3 aromatic heterocycles. The number of carbonyl (C=O) groups is 1. The fraction of sp³-hybridized carbons (Fsp3) is 0.292. The summed E-state index contributed by atoms with van der Waals surface area (Å²) in [5, 5.41) is 4.51. The summed E-state index contributed by atoms with van der Waals surface area (Å²) in [5.41, 5.74) is 3.77. The predicted octanol–water partition coefficient (Wildman–Crippen LogP) is 4.61. The summed E-state index contributed by atoms with van der Waals surface area (Å²) in [6.07, 6.45) is 4.80. The highest BCUT2D eigenvalue weighted by Crippen LogP contribution is 2.24. The molecule has 7 nitrogen and oxygen atoms in total. The predicted molar refractivity (Wildman–Crippen MR) is 120 cm³/mol. The molecule has 0 spiro atoms. The highest BCUT2D eigenvalue weighted by molar-refractivity contribution is 5.89. The number of carbonyl (C=O) groups excluding carboxylic acids is 1. The molecule has 7 heteroatoms. The smallest absolute Gasteiger partial charge is 0.307 e. The van der Waals surface area contributed by atoms with Crippen LogP contribution in [0.2, 0.25) is 0 Å². The first-order chi connectivity index (χ1) is 15.2. The van der Waals surface area contributed by atoms with Crippen LogP contribution in [0.1, 0.15) is 24.8 Å². The maximum absolute atomic E-state index is 11.7. The summed E-state index contributed by atoms with van der Waals surface area (Å²) in [5.74, 6) is 1.29. The molecule has 0 bridgehead atoms. The Labute approximate surface area is 181 Å². The number of rotatable bonds is 9. The lowest BCUT2D eigenvalue weighted by molar-refractivity contribution is -0.143. The van der Waals surface area contributed by atoms with Crippen LogP contribution in [0.3, 0.4) is 0 Å². The Morgan fingerprint density at radius 2 is 2.03 bits per heavy atom. The second-order valence-electron chi connectivity index (χ2n) is 7.22. The van der Waals surface area contributed by atoms with Crippen molar-refractivity contribution in [3.63, 3.8) is 0 Å². The van der Waals surface area contributed by atoms with Gasteiger partial charge in [-0.05, 0) is 38.1 Å². The Balaban J connectivity index is 1.41. The number of benzene rings is 1. The fourth-order valence-corrected chi connectivity index (χ4v) is 3.55. The van der Waals surface area contributed by atoms with Gasteiger partial charge < -0.3 is 19.0 Å². The largest absolute Gasteiger partial charge is 0.466 e. The van der Waals surface area contributed by atoms with Crippen molar-refractivity contribution in [2.24, 2.45) is 0 Å². The minimum Gasteiger partial charge on any atom is -0.466 e. The summed E-state index contributed by atoms with van der Waals surface area (Å²) in [4.78, 5) is 20.8. The Kier molecular flexibility index (Phi) is 6.31. The van der Waals surface area contributed by atoms with E-state index in [9.17, 15) is 4.79 Å². The Morgan fingerprint density at radius 1 is 1.19 bits per heavy atom. The van der Waals surface area contributed by atoms with Crippen molar-refractivity contribution in [2.45, 2.75) is 33.2 Å². The van der Waals surface area contributed by atoms with E-state index in [1.165, 1.54) is 0 Å². The summed E-state index contributed by atoms with van der Waals surface area (Å²) in [6.45, 7) is 5.41. The molecule has 4 aromatic rings. The van der Waals surface area contributed by atoms with E-state index in [2.05, 4.69) is 15.3 Å². The van der Waals surface area contributed by atoms with Crippen LogP contribution in [0.15, 0.2) is 59.3 Å². The third-order valence-electron chi connectivity index (χ3n) is 5.12. The monoisotopic (exact) mass is 418 g/mol. The molecular formula is C24H26N4O3. The van der Waals surface area contributed by atoms with Crippen LogP contribution in [0.5, 0.6) is 0 Å². The quantitative estimate of drug-likeness (QED) is 0.400. The van der Waals surface area contributed by atoms with E-state index < -0.39 is 0 Å². The Hall–Kier alpha value is -3.61. The van der Waals surface area contributed by atoms with E-state index in [0.29, 0.717) is 32.0 Å². The van der Waals surface area contributed by atoms with Crippen molar-refractivity contribution in [1.29, 1.82) is 0 Å². The molecule has 0 aliphatic heterocycles. The number of oxazole rings is 1. The van der Waals surface area contributed by atoms with Gasteiger partial charge in [-0.1, -0.05) is 18.2 Å². The van der Waals surface area contributed by atoms with E-state index in [-0.39, 0.29) is 5.97 Å². The van der Waals surface area contributed by atoms with Gasteiger partial charge in [-0.15, -0.1) is 0 Å². The Morgan fingerprint density at radius 3 is 2.84 bits per heavy atom. The average Bonchev–Trinajstić information content (AvgIpc) is 3.37. The highest BCUT2D eigenvalue weighted by Gasteiger charge is 2.12. The zero-order chi connectivity index (χ0) is 21.6. The van der Waals surface area contributed by atoms with Gasteiger partial charge in [0, 0.05) is 48.5 Å². The third kappa shape index (κ3) is 4.77. The number of fused-ring (bicyclic) bond motifs is 1. The molecule has 0 unspecified atom stereocenters. The first kappa shape index (κ1) is 20.7. The zero-order valence-corrected chi connectivity index (χ0v) is 17.8. The van der Waals surface area contributed by atoms with Crippen LogP contribution >= 0.6 is 0 Å². The van der Waals surface area contributed by atoms with Gasteiger partial charge in [-0.3, -0.25) is 4.79 Å². The number of esters is 1. The fourth-order valence-electron chi connectivity index (χ4n) is 3.55. The normalized spacial score (nSPS) is 11.0. The summed E-state index contributed by atoms with van der Waals surface area (Å²) >= 11 is 0. The van der Waals surface area contributed by atoms with Gasteiger partial charge in [0.1, 0.15) is 11.4 Å². The standard InChI is InChI=1S/C24H26N4O3/c1-3-30-22(29)12-16-28-15-11-19-21(10-14-26-23(19)28)25-13-9-20-17(2)31-24(27-20)18-7-5-4-6-8-18/h4-8,10-11,14-15H,3,9,12-13,16H2,1-2H3,(H,25,26). The van der Waals surface area contributed by atoms with Crippen LogP contribution in [0.4, 0.5) is 5.69 Å². The SMILES string of the molecule is CCOC(=O)CCn1ccc2c(NCCc3nc(-c4ccccc4)oc3C)ccnc21. The highest BCUT2D eigenvalue weighted by atomic mass is 16.5. The number of nitrogens with one attached hydrogen (secondary N) is 1. The van der Waals surface area contributed by atoms with Crippen LogP contribution in [0, 0.1) is 6.92 Å². The topological polar surface area (TPSA) is 82.2 Å². The van der Waals surface area contributed by atoms with Crippen molar-refractivity contribution in [3.05, 3.63) is 66.3 Å². The molecular weight excluding hydrogens is 392 g/mol.